The molecule has 1 heterocycles. The summed E-state index contributed by atoms with van der Waals surface area (Å²) in [5.41, 5.74) is 3.57. The molecule has 0 saturated carbocycles. The van der Waals surface area contributed by atoms with Crippen molar-refractivity contribution in [1.82, 2.24) is 5.32 Å². The lowest BCUT2D eigenvalue weighted by Crippen LogP contribution is -2.43. The van der Waals surface area contributed by atoms with Crippen LogP contribution in [-0.4, -0.2) is 23.6 Å². The number of nitrogens with one attached hydrogen (secondary N) is 2. The molecule has 1 atom stereocenters. The molecule has 3 N–H and O–H groups in total. The Labute approximate surface area is 123 Å². The van der Waals surface area contributed by atoms with Crippen LogP contribution in [0.2, 0.25) is 0 Å². The van der Waals surface area contributed by atoms with E-state index in [0.717, 1.165) is 17.7 Å². The third kappa shape index (κ3) is 2.84. The van der Waals surface area contributed by atoms with Crippen molar-refractivity contribution < 1.29 is 9.90 Å². The number of para-hydroxylation sites is 1. The van der Waals surface area contributed by atoms with E-state index < -0.39 is 0 Å². The first kappa shape index (κ1) is 13.5. The number of phenolic OH excluding ortho intramolecular Hbond substituents is 1. The lowest BCUT2D eigenvalue weighted by Gasteiger charge is -2.27. The van der Waals surface area contributed by atoms with E-state index >= 15 is 0 Å². The van der Waals surface area contributed by atoms with Crippen molar-refractivity contribution >= 4 is 11.6 Å². The number of carbonyl (C=O) groups excluding carboxylic acids is 1. The summed E-state index contributed by atoms with van der Waals surface area (Å²) < 4.78 is 0. The molecule has 3 rings (SSSR count). The standard InChI is InChI=1S/C17H18N2O2/c1-11-6-7-14(16(20)8-11)17(21)19-13-9-12-4-2-3-5-15(12)18-10-13/h2-8,13,18,20H,9-10H2,1H3,(H,19,21). The molecule has 0 radical (unpaired) electrons. The maximum Gasteiger partial charge on any atom is 0.255 e. The lowest BCUT2D eigenvalue weighted by atomic mass is 9.99. The second-order valence-electron chi connectivity index (χ2n) is 5.43. The van der Waals surface area contributed by atoms with Crippen molar-refractivity contribution in [3.05, 3.63) is 59.2 Å². The summed E-state index contributed by atoms with van der Waals surface area (Å²) in [5.74, 6) is -0.213. The molecule has 0 fully saturated rings. The molecule has 0 bridgehead atoms. The van der Waals surface area contributed by atoms with Crippen LogP contribution in [0.1, 0.15) is 21.5 Å². The molecular formula is C17H18N2O2. The minimum Gasteiger partial charge on any atom is -0.507 e. The normalized spacial score (nSPS) is 16.7. The molecule has 21 heavy (non-hydrogen) atoms. The van der Waals surface area contributed by atoms with E-state index in [4.69, 9.17) is 0 Å². The Bertz CT molecular complexity index is 682. The van der Waals surface area contributed by atoms with Gasteiger partial charge in [0.05, 0.1) is 11.6 Å². The number of amides is 1. The number of aryl methyl sites for hydroxylation is 1. The van der Waals surface area contributed by atoms with Crippen LogP contribution in [-0.2, 0) is 6.42 Å². The Morgan fingerprint density at radius 3 is 2.90 bits per heavy atom. The van der Waals surface area contributed by atoms with Crippen molar-refractivity contribution in [3.63, 3.8) is 0 Å². The topological polar surface area (TPSA) is 61.4 Å². The molecule has 1 amide bonds. The number of hydrogen-bond donors (Lipinski definition) is 3. The van der Waals surface area contributed by atoms with E-state index in [0.29, 0.717) is 12.1 Å². The molecule has 2 aromatic rings. The molecular weight excluding hydrogens is 264 g/mol. The van der Waals surface area contributed by atoms with Crippen LogP contribution < -0.4 is 10.6 Å². The molecule has 0 aromatic heterocycles. The Hall–Kier alpha value is -2.49. The number of hydrogen-bond acceptors (Lipinski definition) is 3. The zero-order chi connectivity index (χ0) is 14.8. The highest BCUT2D eigenvalue weighted by atomic mass is 16.3. The van der Waals surface area contributed by atoms with E-state index in [1.54, 1.807) is 12.1 Å². The molecule has 4 heteroatoms. The van der Waals surface area contributed by atoms with Crippen LogP contribution in [0.4, 0.5) is 5.69 Å². The predicted molar refractivity (Wildman–Crippen MR) is 82.7 cm³/mol. The van der Waals surface area contributed by atoms with Crippen LogP contribution in [0.5, 0.6) is 5.75 Å². The van der Waals surface area contributed by atoms with Gasteiger partial charge in [0.1, 0.15) is 5.75 Å². The van der Waals surface area contributed by atoms with E-state index in [-0.39, 0.29) is 17.7 Å². The molecule has 2 aromatic carbocycles. The molecule has 1 aliphatic rings. The minimum atomic E-state index is -0.237. The Kier molecular flexibility index (Phi) is 3.52. The smallest absolute Gasteiger partial charge is 0.255 e. The minimum absolute atomic E-state index is 0.0214. The number of aromatic hydroxyl groups is 1. The summed E-state index contributed by atoms with van der Waals surface area (Å²) in [6.45, 7) is 2.57. The van der Waals surface area contributed by atoms with Gasteiger partial charge in [0, 0.05) is 12.2 Å². The van der Waals surface area contributed by atoms with Crippen LogP contribution in [0.25, 0.3) is 0 Å². The summed E-state index contributed by atoms with van der Waals surface area (Å²) in [6.07, 6.45) is 0.793. The summed E-state index contributed by atoms with van der Waals surface area (Å²) in [4.78, 5) is 12.3. The van der Waals surface area contributed by atoms with Gasteiger partial charge in [0.15, 0.2) is 0 Å². The average Bonchev–Trinajstić information content (AvgIpc) is 2.47. The van der Waals surface area contributed by atoms with Crippen molar-refractivity contribution in [2.45, 2.75) is 19.4 Å². The SMILES string of the molecule is Cc1ccc(C(=O)NC2CNc3ccccc3C2)c(O)c1. The van der Waals surface area contributed by atoms with Gasteiger partial charge in [0.25, 0.3) is 5.91 Å². The van der Waals surface area contributed by atoms with Gasteiger partial charge in [0.2, 0.25) is 0 Å². The lowest BCUT2D eigenvalue weighted by molar-refractivity contribution is 0.0935. The Balaban J connectivity index is 1.71. The Morgan fingerprint density at radius 2 is 2.10 bits per heavy atom. The molecule has 0 spiro atoms. The number of fused-ring (bicyclic) bond motifs is 1. The highest BCUT2D eigenvalue weighted by Gasteiger charge is 2.21. The molecule has 1 unspecified atom stereocenters. The monoisotopic (exact) mass is 282 g/mol. The highest BCUT2D eigenvalue weighted by molar-refractivity contribution is 5.97. The summed E-state index contributed by atoms with van der Waals surface area (Å²) in [7, 11) is 0. The van der Waals surface area contributed by atoms with Crippen LogP contribution >= 0.6 is 0 Å². The van der Waals surface area contributed by atoms with Crippen molar-refractivity contribution in [2.24, 2.45) is 0 Å². The Morgan fingerprint density at radius 1 is 1.29 bits per heavy atom. The van der Waals surface area contributed by atoms with Gasteiger partial charge < -0.3 is 15.7 Å². The second-order valence-corrected chi connectivity index (χ2v) is 5.43. The fourth-order valence-electron chi connectivity index (χ4n) is 2.64. The summed E-state index contributed by atoms with van der Waals surface area (Å²) in [5, 5.41) is 16.2. The molecule has 4 nitrogen and oxygen atoms in total. The number of anilines is 1. The van der Waals surface area contributed by atoms with E-state index in [9.17, 15) is 9.90 Å². The number of carbonyl (C=O) groups is 1. The molecule has 0 saturated heterocycles. The van der Waals surface area contributed by atoms with E-state index in [1.165, 1.54) is 5.56 Å². The van der Waals surface area contributed by atoms with Crippen molar-refractivity contribution in [3.8, 4) is 5.75 Å². The van der Waals surface area contributed by atoms with Crippen LogP contribution in [0.3, 0.4) is 0 Å². The largest absolute Gasteiger partial charge is 0.507 e. The summed E-state index contributed by atoms with van der Waals surface area (Å²) in [6, 6.07) is 13.2. The van der Waals surface area contributed by atoms with Gasteiger partial charge in [-0.2, -0.15) is 0 Å². The average molecular weight is 282 g/mol. The van der Waals surface area contributed by atoms with Crippen molar-refractivity contribution in [1.29, 1.82) is 0 Å². The van der Waals surface area contributed by atoms with Gasteiger partial charge in [-0.25, -0.2) is 0 Å². The fourth-order valence-corrected chi connectivity index (χ4v) is 2.64. The first-order chi connectivity index (χ1) is 10.1. The maximum absolute atomic E-state index is 12.3. The maximum atomic E-state index is 12.3. The van der Waals surface area contributed by atoms with Gasteiger partial charge in [-0.15, -0.1) is 0 Å². The zero-order valence-corrected chi connectivity index (χ0v) is 11.9. The van der Waals surface area contributed by atoms with Gasteiger partial charge in [-0.3, -0.25) is 4.79 Å². The zero-order valence-electron chi connectivity index (χ0n) is 11.9. The van der Waals surface area contributed by atoms with Gasteiger partial charge in [-0.05, 0) is 42.7 Å². The predicted octanol–water partition coefficient (Wildman–Crippen LogP) is 2.47. The number of benzene rings is 2. The number of rotatable bonds is 2. The van der Waals surface area contributed by atoms with Crippen LogP contribution in [0, 0.1) is 6.92 Å². The third-order valence-corrected chi connectivity index (χ3v) is 3.76. The quantitative estimate of drug-likeness (QED) is 0.793. The first-order valence-electron chi connectivity index (χ1n) is 7.06. The number of phenols is 1. The molecule has 0 aliphatic carbocycles. The molecule has 1 aliphatic heterocycles. The van der Waals surface area contributed by atoms with Crippen LogP contribution in [0.15, 0.2) is 42.5 Å². The van der Waals surface area contributed by atoms with E-state index in [2.05, 4.69) is 16.7 Å². The highest BCUT2D eigenvalue weighted by Crippen LogP contribution is 2.22. The summed E-state index contributed by atoms with van der Waals surface area (Å²) >= 11 is 0. The fraction of sp³-hybridized carbons (Fsp3) is 0.235. The first-order valence-corrected chi connectivity index (χ1v) is 7.06. The molecule has 108 valence electrons. The van der Waals surface area contributed by atoms with Crippen molar-refractivity contribution in [2.75, 3.05) is 11.9 Å². The van der Waals surface area contributed by atoms with Gasteiger partial charge in [-0.1, -0.05) is 24.3 Å². The van der Waals surface area contributed by atoms with E-state index in [1.807, 2.05) is 31.2 Å². The van der Waals surface area contributed by atoms with Gasteiger partial charge >= 0.3 is 0 Å². The third-order valence-electron chi connectivity index (χ3n) is 3.76. The second kappa shape index (κ2) is 5.48.